The molecule has 1 heterocycles. The van der Waals surface area contributed by atoms with E-state index in [0.29, 0.717) is 31.0 Å². The van der Waals surface area contributed by atoms with Crippen LogP contribution in [0.5, 0.6) is 5.75 Å². The summed E-state index contributed by atoms with van der Waals surface area (Å²) < 4.78 is 33.6. The van der Waals surface area contributed by atoms with Crippen LogP contribution in [-0.2, 0) is 14.8 Å². The van der Waals surface area contributed by atoms with Crippen molar-refractivity contribution in [3.63, 3.8) is 0 Å². The molecular weight excluding hydrogens is 424 g/mol. The van der Waals surface area contributed by atoms with Gasteiger partial charge in [-0.2, -0.15) is 4.72 Å². The van der Waals surface area contributed by atoms with E-state index in [2.05, 4.69) is 10.8 Å². The number of sulfonamides is 1. The molecule has 1 N–H and O–H groups in total. The molecule has 8 heteroatoms. The Bertz CT molecular complexity index is 1000. The number of halogens is 1. The van der Waals surface area contributed by atoms with Gasteiger partial charge in [-0.25, -0.2) is 8.42 Å². The zero-order valence-electron chi connectivity index (χ0n) is 17.4. The van der Waals surface area contributed by atoms with Crippen molar-refractivity contribution in [2.75, 3.05) is 13.1 Å². The Morgan fingerprint density at radius 3 is 2.40 bits per heavy atom. The number of hydrogen-bond acceptors (Lipinski definition) is 4. The van der Waals surface area contributed by atoms with E-state index in [0.717, 1.165) is 16.9 Å². The summed E-state index contributed by atoms with van der Waals surface area (Å²) in [5.41, 5.74) is 2.23. The van der Waals surface area contributed by atoms with Crippen LogP contribution in [-0.4, -0.2) is 44.5 Å². The Morgan fingerprint density at radius 1 is 1.13 bits per heavy atom. The van der Waals surface area contributed by atoms with Gasteiger partial charge in [0.1, 0.15) is 11.9 Å². The van der Waals surface area contributed by atoms with Crippen molar-refractivity contribution >= 4 is 27.5 Å². The monoisotopic (exact) mass is 450 g/mol. The lowest BCUT2D eigenvalue weighted by atomic mass is 10.1. The maximum atomic E-state index is 12.8. The van der Waals surface area contributed by atoms with Crippen LogP contribution >= 0.6 is 11.6 Å². The Morgan fingerprint density at radius 2 is 1.77 bits per heavy atom. The van der Waals surface area contributed by atoms with E-state index >= 15 is 0 Å². The third-order valence-corrected chi connectivity index (χ3v) is 7.03. The summed E-state index contributed by atoms with van der Waals surface area (Å²) >= 11 is 5.81. The number of likely N-dealkylation sites (tertiary alicyclic amines) is 1. The second-order valence-electron chi connectivity index (χ2n) is 7.71. The van der Waals surface area contributed by atoms with E-state index in [-0.39, 0.29) is 16.9 Å². The minimum absolute atomic E-state index is 0.0376. The smallest absolute Gasteiger partial charge is 0.241 e. The Balaban J connectivity index is 1.55. The Labute approximate surface area is 183 Å². The zero-order chi connectivity index (χ0) is 21.9. The Kier molecular flexibility index (Phi) is 7.06. The summed E-state index contributed by atoms with van der Waals surface area (Å²) in [6.07, 6.45) is 1.45. The fourth-order valence-corrected chi connectivity index (χ4v) is 4.77. The summed E-state index contributed by atoms with van der Waals surface area (Å²) in [5, 5.41) is 0.448. The second kappa shape index (κ2) is 9.37. The lowest BCUT2D eigenvalue weighted by Gasteiger charge is -2.34. The topological polar surface area (TPSA) is 75.7 Å². The highest BCUT2D eigenvalue weighted by atomic mass is 35.5. The van der Waals surface area contributed by atoms with Gasteiger partial charge < -0.3 is 9.64 Å². The zero-order valence-corrected chi connectivity index (χ0v) is 19.0. The van der Waals surface area contributed by atoms with Crippen molar-refractivity contribution in [1.82, 2.24) is 9.62 Å². The lowest BCUT2D eigenvalue weighted by molar-refractivity contribution is -0.134. The molecule has 30 heavy (non-hydrogen) atoms. The molecule has 0 saturated carbocycles. The summed E-state index contributed by atoms with van der Waals surface area (Å²) in [5.74, 6) is 0.640. The van der Waals surface area contributed by atoms with Crippen LogP contribution < -0.4 is 9.46 Å². The minimum Gasteiger partial charge on any atom is -0.490 e. The first kappa shape index (κ1) is 22.6. The molecule has 1 atom stereocenters. The van der Waals surface area contributed by atoms with Gasteiger partial charge >= 0.3 is 0 Å². The number of piperidine rings is 1. The van der Waals surface area contributed by atoms with E-state index in [1.54, 1.807) is 11.8 Å². The summed E-state index contributed by atoms with van der Waals surface area (Å²) in [4.78, 5) is 14.5. The van der Waals surface area contributed by atoms with Crippen LogP contribution in [0.1, 0.15) is 30.9 Å². The number of nitrogens with zero attached hydrogens (tertiary/aromatic N) is 1. The fourth-order valence-electron chi connectivity index (χ4n) is 3.45. The molecule has 2 aromatic carbocycles. The number of carbonyl (C=O) groups is 1. The molecule has 0 aliphatic carbocycles. The van der Waals surface area contributed by atoms with Crippen molar-refractivity contribution in [3.05, 3.63) is 58.6 Å². The summed E-state index contributed by atoms with van der Waals surface area (Å²) in [7, 11) is -3.80. The number of ether oxygens (including phenoxy) is 1. The molecule has 6 nitrogen and oxygen atoms in total. The van der Waals surface area contributed by atoms with Crippen molar-refractivity contribution in [1.29, 1.82) is 0 Å². The van der Waals surface area contributed by atoms with Gasteiger partial charge in [0.25, 0.3) is 0 Å². The van der Waals surface area contributed by atoms with Crippen LogP contribution in [0.2, 0.25) is 5.02 Å². The molecule has 1 aliphatic heterocycles. The molecular formula is C22H27ClN2O4S. The van der Waals surface area contributed by atoms with Crippen LogP contribution in [0.4, 0.5) is 0 Å². The largest absolute Gasteiger partial charge is 0.490 e. The molecule has 0 radical (unpaired) electrons. The molecule has 1 amide bonds. The first-order chi connectivity index (χ1) is 14.2. The molecule has 0 unspecified atom stereocenters. The van der Waals surface area contributed by atoms with E-state index in [1.165, 1.54) is 24.3 Å². The van der Waals surface area contributed by atoms with E-state index in [4.69, 9.17) is 16.3 Å². The Hall–Kier alpha value is -2.09. The number of benzene rings is 2. The fraction of sp³-hybridized carbons (Fsp3) is 0.409. The molecule has 162 valence electrons. The standard InChI is InChI=1S/C22H27ClN2O4S/c1-15-4-5-16(2)21(14-15)29-19-10-12-25(13-11-19)22(26)17(3)24-30(27,28)20-8-6-18(23)7-9-20/h4-9,14,17,19,24H,10-13H2,1-3H3/t17-/m0/s1. The van der Waals surface area contributed by atoms with Crippen molar-refractivity contribution in [2.24, 2.45) is 0 Å². The first-order valence-electron chi connectivity index (χ1n) is 9.96. The highest BCUT2D eigenvalue weighted by Gasteiger charge is 2.29. The average molecular weight is 451 g/mol. The van der Waals surface area contributed by atoms with Gasteiger partial charge in [-0.15, -0.1) is 0 Å². The predicted molar refractivity (Wildman–Crippen MR) is 117 cm³/mol. The van der Waals surface area contributed by atoms with Gasteiger partial charge in [0.05, 0.1) is 10.9 Å². The average Bonchev–Trinajstić information content (AvgIpc) is 2.71. The minimum atomic E-state index is -3.80. The quantitative estimate of drug-likeness (QED) is 0.728. The van der Waals surface area contributed by atoms with Gasteiger partial charge in [0.15, 0.2) is 0 Å². The first-order valence-corrected chi connectivity index (χ1v) is 11.8. The number of aryl methyl sites for hydroxylation is 2. The second-order valence-corrected chi connectivity index (χ2v) is 9.86. The molecule has 0 bridgehead atoms. The highest BCUT2D eigenvalue weighted by Crippen LogP contribution is 2.24. The van der Waals surface area contributed by atoms with Gasteiger partial charge in [-0.1, -0.05) is 23.7 Å². The van der Waals surface area contributed by atoms with Gasteiger partial charge in [0, 0.05) is 31.0 Å². The predicted octanol–water partition coefficient (Wildman–Crippen LogP) is 3.69. The number of carbonyl (C=O) groups excluding carboxylic acids is 1. The van der Waals surface area contributed by atoms with E-state index < -0.39 is 16.1 Å². The molecule has 3 rings (SSSR count). The highest BCUT2D eigenvalue weighted by molar-refractivity contribution is 7.89. The SMILES string of the molecule is Cc1ccc(C)c(OC2CCN(C(=O)[C@H](C)NS(=O)(=O)c3ccc(Cl)cc3)CC2)c1. The van der Waals surface area contributed by atoms with Crippen molar-refractivity contribution in [3.8, 4) is 5.75 Å². The number of hydrogen-bond donors (Lipinski definition) is 1. The van der Waals surface area contributed by atoms with Gasteiger partial charge in [-0.3, -0.25) is 4.79 Å². The lowest BCUT2D eigenvalue weighted by Crippen LogP contribution is -2.50. The van der Waals surface area contributed by atoms with E-state index in [9.17, 15) is 13.2 Å². The van der Waals surface area contributed by atoms with Crippen LogP contribution in [0.3, 0.4) is 0 Å². The molecule has 0 spiro atoms. The maximum Gasteiger partial charge on any atom is 0.241 e. The van der Waals surface area contributed by atoms with Gasteiger partial charge in [0.2, 0.25) is 15.9 Å². The number of amides is 1. The van der Waals surface area contributed by atoms with Crippen LogP contribution in [0.25, 0.3) is 0 Å². The molecule has 1 fully saturated rings. The molecule has 0 aromatic heterocycles. The van der Waals surface area contributed by atoms with Crippen LogP contribution in [0, 0.1) is 13.8 Å². The molecule has 2 aromatic rings. The summed E-state index contributed by atoms with van der Waals surface area (Å²) in [6.45, 7) is 6.67. The number of nitrogens with one attached hydrogen (secondary N) is 1. The van der Waals surface area contributed by atoms with Crippen LogP contribution in [0.15, 0.2) is 47.4 Å². The maximum absolute atomic E-state index is 12.8. The van der Waals surface area contributed by atoms with E-state index in [1.807, 2.05) is 26.0 Å². The third kappa shape index (κ3) is 5.53. The normalized spacial score (nSPS) is 16.3. The molecule has 1 aliphatic rings. The third-order valence-electron chi connectivity index (χ3n) is 5.22. The van der Waals surface area contributed by atoms with Crippen molar-refractivity contribution in [2.45, 2.75) is 50.7 Å². The number of rotatable bonds is 6. The molecule has 1 saturated heterocycles. The van der Waals surface area contributed by atoms with Crippen molar-refractivity contribution < 1.29 is 17.9 Å². The van der Waals surface area contributed by atoms with Gasteiger partial charge in [-0.05, 0) is 62.2 Å². The summed E-state index contributed by atoms with van der Waals surface area (Å²) in [6, 6.07) is 11.1.